The quantitative estimate of drug-likeness (QED) is 0.713. The Morgan fingerprint density at radius 1 is 1.22 bits per heavy atom. The molecule has 0 atom stereocenters. The Bertz CT molecular complexity index is 1200. The van der Waals surface area contributed by atoms with Gasteiger partial charge in [-0.25, -0.2) is 0 Å². The van der Waals surface area contributed by atoms with E-state index in [0.717, 1.165) is 21.4 Å². The molecule has 0 spiro atoms. The molecule has 27 heavy (non-hydrogen) atoms. The minimum absolute atomic E-state index is 0.190. The zero-order chi connectivity index (χ0) is 19.5. The number of benzene rings is 1. The van der Waals surface area contributed by atoms with Crippen LogP contribution in [0.5, 0.6) is 0 Å². The van der Waals surface area contributed by atoms with Crippen molar-refractivity contribution in [2.24, 2.45) is 7.05 Å². The Hall–Kier alpha value is -3.36. The van der Waals surface area contributed by atoms with E-state index in [1.165, 1.54) is 4.57 Å². The Kier molecular flexibility index (Phi) is 3.69. The first-order valence-electron chi connectivity index (χ1n) is 8.60. The molecular weight excluding hydrogens is 348 g/mol. The Labute approximate surface area is 154 Å². The molecule has 2 aromatic heterocycles. The van der Waals surface area contributed by atoms with Gasteiger partial charge < -0.3 is 14.6 Å². The minimum atomic E-state index is -1.16. The first-order valence-corrected chi connectivity index (χ1v) is 8.60. The van der Waals surface area contributed by atoms with E-state index in [4.69, 9.17) is 10.5 Å². The number of nitrogens with zero attached hydrogens (tertiary/aromatic N) is 5. The molecule has 3 aromatic rings. The maximum Gasteiger partial charge on any atom is 0.323 e. The third-order valence-corrected chi connectivity index (χ3v) is 4.87. The number of imidazole rings is 1. The number of fused-ring (bicyclic) bond motifs is 3. The van der Waals surface area contributed by atoms with Crippen LogP contribution < -0.4 is 16.1 Å². The van der Waals surface area contributed by atoms with Crippen molar-refractivity contribution in [2.45, 2.75) is 26.9 Å². The van der Waals surface area contributed by atoms with E-state index in [1.807, 2.05) is 23.3 Å². The standard InChI is InChI=1S/C18H20N6O3/c1-10-6-11(2)8-12(7-10)22-4-5-23-14-15(20-18(22)23)21(3)17(19)24(16(14)27)9-13(25)26/h6-8,19H,4-5,9H2,1-3H3,(H,25,26). The minimum Gasteiger partial charge on any atom is -0.480 e. The van der Waals surface area contributed by atoms with Gasteiger partial charge in [0.2, 0.25) is 11.6 Å². The molecule has 0 bridgehead atoms. The lowest BCUT2D eigenvalue weighted by atomic mass is 10.1. The monoisotopic (exact) mass is 368 g/mol. The summed E-state index contributed by atoms with van der Waals surface area (Å²) in [6, 6.07) is 6.24. The highest BCUT2D eigenvalue weighted by atomic mass is 16.4. The molecule has 0 aliphatic carbocycles. The number of carbonyl (C=O) groups is 1. The first-order chi connectivity index (χ1) is 12.8. The lowest BCUT2D eigenvalue weighted by Crippen LogP contribution is -2.41. The topological polar surface area (TPSA) is 109 Å². The van der Waals surface area contributed by atoms with Crippen molar-refractivity contribution in [1.29, 1.82) is 5.41 Å². The van der Waals surface area contributed by atoms with Gasteiger partial charge in [-0.2, -0.15) is 4.98 Å². The molecule has 0 saturated carbocycles. The fourth-order valence-corrected chi connectivity index (χ4v) is 3.73. The summed E-state index contributed by atoms with van der Waals surface area (Å²) in [5.74, 6) is -0.529. The Balaban J connectivity index is 1.96. The highest BCUT2D eigenvalue weighted by Crippen LogP contribution is 2.32. The lowest BCUT2D eigenvalue weighted by Gasteiger charge is -2.17. The predicted octanol–water partition coefficient (Wildman–Crippen LogP) is 0.869. The highest BCUT2D eigenvalue weighted by molar-refractivity contribution is 5.78. The van der Waals surface area contributed by atoms with Gasteiger partial charge in [-0.3, -0.25) is 24.1 Å². The molecule has 2 N–H and O–H groups in total. The SMILES string of the molecule is Cc1cc(C)cc(N2CCn3c2nc2c3c(=O)n(CC(=O)O)c(=N)n2C)c1. The Morgan fingerprint density at radius 3 is 2.52 bits per heavy atom. The smallest absolute Gasteiger partial charge is 0.323 e. The molecule has 3 heterocycles. The number of aryl methyl sites for hydroxylation is 3. The third-order valence-electron chi connectivity index (χ3n) is 4.87. The number of hydrogen-bond donors (Lipinski definition) is 2. The van der Waals surface area contributed by atoms with Gasteiger partial charge in [-0.15, -0.1) is 0 Å². The van der Waals surface area contributed by atoms with Crippen molar-refractivity contribution in [3.05, 3.63) is 45.3 Å². The summed E-state index contributed by atoms with van der Waals surface area (Å²) in [4.78, 5) is 30.7. The second-order valence-electron chi connectivity index (χ2n) is 6.90. The van der Waals surface area contributed by atoms with Crippen LogP contribution in [-0.4, -0.2) is 36.3 Å². The van der Waals surface area contributed by atoms with E-state index in [2.05, 4.69) is 23.2 Å². The van der Waals surface area contributed by atoms with Gasteiger partial charge in [-0.1, -0.05) is 6.07 Å². The van der Waals surface area contributed by atoms with Gasteiger partial charge in [0.05, 0.1) is 0 Å². The van der Waals surface area contributed by atoms with Gasteiger partial charge in [0.25, 0.3) is 5.56 Å². The zero-order valence-corrected chi connectivity index (χ0v) is 15.4. The summed E-state index contributed by atoms with van der Waals surface area (Å²) in [5.41, 5.74) is 3.31. The first kappa shape index (κ1) is 17.1. The third kappa shape index (κ3) is 2.54. The number of carboxylic acids is 1. The van der Waals surface area contributed by atoms with Crippen molar-refractivity contribution in [3.8, 4) is 0 Å². The van der Waals surface area contributed by atoms with Crippen LogP contribution in [0, 0.1) is 19.3 Å². The van der Waals surface area contributed by atoms with Crippen LogP contribution in [0.15, 0.2) is 23.0 Å². The normalized spacial score (nSPS) is 13.4. The fraction of sp³-hybridized carbons (Fsp3) is 0.333. The summed E-state index contributed by atoms with van der Waals surface area (Å²) in [7, 11) is 1.62. The van der Waals surface area contributed by atoms with Crippen LogP contribution in [0.4, 0.5) is 11.6 Å². The van der Waals surface area contributed by atoms with Gasteiger partial charge in [0, 0.05) is 25.8 Å². The van der Waals surface area contributed by atoms with Gasteiger partial charge in [0.1, 0.15) is 6.54 Å². The average Bonchev–Trinajstić information content (AvgIpc) is 3.14. The number of aromatic nitrogens is 4. The van der Waals surface area contributed by atoms with Crippen LogP contribution in [0.2, 0.25) is 0 Å². The summed E-state index contributed by atoms with van der Waals surface area (Å²) in [6.07, 6.45) is 0. The second-order valence-corrected chi connectivity index (χ2v) is 6.90. The number of carboxylic acid groups (broad SMARTS) is 1. The van der Waals surface area contributed by atoms with Crippen molar-refractivity contribution in [1.82, 2.24) is 18.7 Å². The molecule has 4 rings (SSSR count). The van der Waals surface area contributed by atoms with Gasteiger partial charge in [0.15, 0.2) is 11.2 Å². The van der Waals surface area contributed by atoms with Gasteiger partial charge in [-0.05, 0) is 37.1 Å². The molecule has 0 amide bonds. The Morgan fingerprint density at radius 2 is 1.89 bits per heavy atom. The number of anilines is 2. The molecule has 0 unspecified atom stereocenters. The molecule has 9 nitrogen and oxygen atoms in total. The number of rotatable bonds is 3. The molecule has 140 valence electrons. The summed E-state index contributed by atoms with van der Waals surface area (Å²) in [5, 5.41) is 17.2. The molecule has 9 heteroatoms. The maximum absolute atomic E-state index is 12.9. The van der Waals surface area contributed by atoms with E-state index in [1.54, 1.807) is 7.05 Å². The largest absolute Gasteiger partial charge is 0.480 e. The molecular formula is C18H20N6O3. The van der Waals surface area contributed by atoms with Crippen molar-refractivity contribution in [3.63, 3.8) is 0 Å². The van der Waals surface area contributed by atoms with E-state index in [-0.39, 0.29) is 5.62 Å². The van der Waals surface area contributed by atoms with Crippen LogP contribution in [0.25, 0.3) is 11.2 Å². The number of nitrogens with one attached hydrogen (secondary N) is 1. The maximum atomic E-state index is 12.9. The van der Waals surface area contributed by atoms with Crippen LogP contribution in [-0.2, 0) is 24.9 Å². The average molecular weight is 368 g/mol. The number of aliphatic carboxylic acids is 1. The highest BCUT2D eigenvalue weighted by Gasteiger charge is 2.28. The van der Waals surface area contributed by atoms with Crippen LogP contribution >= 0.6 is 0 Å². The molecule has 1 aromatic carbocycles. The summed E-state index contributed by atoms with van der Waals surface area (Å²) < 4.78 is 4.22. The van der Waals surface area contributed by atoms with Crippen LogP contribution in [0.1, 0.15) is 11.1 Å². The van der Waals surface area contributed by atoms with E-state index in [0.29, 0.717) is 30.2 Å². The molecule has 0 fully saturated rings. The number of hydrogen-bond acceptors (Lipinski definition) is 5. The summed E-state index contributed by atoms with van der Waals surface area (Å²) in [6.45, 7) is 4.76. The van der Waals surface area contributed by atoms with Crippen molar-refractivity contribution < 1.29 is 9.90 Å². The zero-order valence-electron chi connectivity index (χ0n) is 15.4. The molecule has 1 aliphatic heterocycles. The second kappa shape index (κ2) is 5.83. The van der Waals surface area contributed by atoms with E-state index >= 15 is 0 Å². The van der Waals surface area contributed by atoms with Crippen LogP contribution in [0.3, 0.4) is 0 Å². The van der Waals surface area contributed by atoms with E-state index < -0.39 is 18.1 Å². The van der Waals surface area contributed by atoms with Crippen molar-refractivity contribution >= 4 is 28.8 Å². The lowest BCUT2D eigenvalue weighted by molar-refractivity contribution is -0.137. The van der Waals surface area contributed by atoms with Crippen molar-refractivity contribution in [2.75, 3.05) is 11.4 Å². The molecule has 1 aliphatic rings. The summed E-state index contributed by atoms with van der Waals surface area (Å²) >= 11 is 0. The van der Waals surface area contributed by atoms with Gasteiger partial charge >= 0.3 is 5.97 Å². The predicted molar refractivity (Wildman–Crippen MR) is 99.4 cm³/mol. The molecule has 0 radical (unpaired) electrons. The fourth-order valence-electron chi connectivity index (χ4n) is 3.73. The molecule has 0 saturated heterocycles. The van der Waals surface area contributed by atoms with E-state index in [9.17, 15) is 9.59 Å².